The lowest BCUT2D eigenvalue weighted by molar-refractivity contribution is 0.0746. The van der Waals surface area contributed by atoms with Gasteiger partial charge in [-0.25, -0.2) is 9.07 Å². The number of hydrogen-bond donors (Lipinski definition) is 2. The highest BCUT2D eigenvalue weighted by Crippen LogP contribution is 2.34. The summed E-state index contributed by atoms with van der Waals surface area (Å²) < 4.78 is 16.1. The third-order valence-electron chi connectivity index (χ3n) is 5.72. The Kier molecular flexibility index (Phi) is 6.32. The minimum absolute atomic E-state index is 0.0624. The van der Waals surface area contributed by atoms with Crippen molar-refractivity contribution in [1.82, 2.24) is 29.5 Å². The number of carbonyl (C=O) groups is 2. The maximum absolute atomic E-state index is 13.6. The quantitative estimate of drug-likeness (QED) is 0.535. The molecule has 0 bridgehead atoms. The molecular weight excluding hydrogens is 467 g/mol. The van der Waals surface area contributed by atoms with Gasteiger partial charge in [0.1, 0.15) is 11.2 Å². The van der Waals surface area contributed by atoms with Gasteiger partial charge in [0.2, 0.25) is 0 Å². The molecule has 2 N–H and O–H groups in total. The third kappa shape index (κ3) is 4.12. The second-order valence-electron chi connectivity index (χ2n) is 8.42. The summed E-state index contributed by atoms with van der Waals surface area (Å²) in [6.45, 7) is 1.39. The van der Waals surface area contributed by atoms with Crippen molar-refractivity contribution < 1.29 is 19.1 Å². The van der Waals surface area contributed by atoms with E-state index in [0.29, 0.717) is 25.2 Å². The first-order chi connectivity index (χ1) is 16.1. The Labute approximate surface area is 199 Å². The normalized spacial score (nSPS) is 13.6. The Morgan fingerprint density at radius 2 is 2.03 bits per heavy atom. The lowest BCUT2D eigenvalue weighted by atomic mass is 10.2. The number of carbonyl (C=O) groups excluding carboxylic acids is 2. The number of nitrogens with zero attached hydrogens (tertiary/aromatic N) is 5. The van der Waals surface area contributed by atoms with Gasteiger partial charge in [-0.05, 0) is 31.8 Å². The first kappa shape index (κ1) is 23.7. The average molecular weight is 491 g/mol. The Hall–Kier alpha value is -3.44. The largest absolute Gasteiger partial charge is 0.505 e. The van der Waals surface area contributed by atoms with Crippen LogP contribution in [-0.4, -0.2) is 81.8 Å². The summed E-state index contributed by atoms with van der Waals surface area (Å²) in [4.78, 5) is 42.5. The van der Waals surface area contributed by atoms with Crippen molar-refractivity contribution in [2.45, 2.75) is 13.1 Å². The van der Waals surface area contributed by atoms with E-state index in [2.05, 4.69) is 10.4 Å². The van der Waals surface area contributed by atoms with Gasteiger partial charge in [0.05, 0.1) is 17.1 Å². The number of rotatable bonds is 6. The summed E-state index contributed by atoms with van der Waals surface area (Å²) >= 11 is 5.87. The van der Waals surface area contributed by atoms with E-state index in [-0.39, 0.29) is 40.4 Å². The zero-order chi connectivity index (χ0) is 24.7. The van der Waals surface area contributed by atoms with Gasteiger partial charge in [0.25, 0.3) is 17.4 Å². The molecule has 3 heterocycles. The molecule has 1 aliphatic heterocycles. The van der Waals surface area contributed by atoms with Crippen molar-refractivity contribution in [3.63, 3.8) is 0 Å². The maximum Gasteiger partial charge on any atom is 0.280 e. The molecule has 34 heavy (non-hydrogen) atoms. The fraction of sp³-hybridized carbons (Fsp3) is 0.364. The minimum Gasteiger partial charge on any atom is -0.505 e. The molecule has 0 fully saturated rings. The molecule has 0 atom stereocenters. The molecule has 4 rings (SSSR count). The predicted octanol–water partition coefficient (Wildman–Crippen LogP) is 1.12. The monoisotopic (exact) mass is 490 g/mol. The van der Waals surface area contributed by atoms with Crippen LogP contribution in [0.5, 0.6) is 5.75 Å². The van der Waals surface area contributed by atoms with Gasteiger partial charge in [-0.2, -0.15) is 5.10 Å². The molecule has 1 aromatic carbocycles. The van der Waals surface area contributed by atoms with Crippen LogP contribution < -0.4 is 10.9 Å². The topological polar surface area (TPSA) is 113 Å². The molecule has 0 unspecified atom stereocenters. The Morgan fingerprint density at radius 1 is 1.29 bits per heavy atom. The molecule has 0 spiro atoms. The standard InChI is InChI=1S/C22H24ClFN6O4/c1-27(2)7-6-25-20(32)16-17-15(19(31)18-22(34)28(3)8-9-29(17)18)21(33)30(26-16)11-12-4-5-14(24)13(23)10-12/h4-5,10,31H,6-9,11H2,1-3H3,(H,25,32). The van der Waals surface area contributed by atoms with E-state index in [1.165, 1.54) is 27.7 Å². The summed E-state index contributed by atoms with van der Waals surface area (Å²) in [5, 5.41) is 17.7. The van der Waals surface area contributed by atoms with Crippen molar-refractivity contribution in [3.05, 3.63) is 56.3 Å². The van der Waals surface area contributed by atoms with Gasteiger partial charge in [-0.3, -0.25) is 14.4 Å². The zero-order valence-corrected chi connectivity index (χ0v) is 19.7. The van der Waals surface area contributed by atoms with Crippen molar-refractivity contribution in [2.24, 2.45) is 0 Å². The van der Waals surface area contributed by atoms with Crippen molar-refractivity contribution >= 4 is 34.3 Å². The number of halogens is 2. The molecule has 2 aromatic heterocycles. The van der Waals surface area contributed by atoms with E-state index in [9.17, 15) is 23.9 Å². The zero-order valence-electron chi connectivity index (χ0n) is 18.9. The van der Waals surface area contributed by atoms with Gasteiger partial charge in [-0.15, -0.1) is 0 Å². The van der Waals surface area contributed by atoms with Crippen LogP contribution in [-0.2, 0) is 13.1 Å². The fourth-order valence-electron chi connectivity index (χ4n) is 3.92. The van der Waals surface area contributed by atoms with Gasteiger partial charge < -0.3 is 24.8 Å². The lowest BCUT2D eigenvalue weighted by Gasteiger charge is -2.25. The summed E-state index contributed by atoms with van der Waals surface area (Å²) in [7, 11) is 5.31. The smallest absolute Gasteiger partial charge is 0.280 e. The molecule has 0 saturated heterocycles. The maximum atomic E-state index is 13.6. The van der Waals surface area contributed by atoms with E-state index >= 15 is 0 Å². The SMILES string of the molecule is CN(C)CCNC(=O)c1nn(Cc2ccc(F)c(Cl)c2)c(=O)c2c(O)c3n(c12)CCN(C)C3=O. The number of benzene rings is 1. The van der Waals surface area contributed by atoms with E-state index in [1.807, 2.05) is 19.0 Å². The van der Waals surface area contributed by atoms with Gasteiger partial charge in [0, 0.05) is 33.2 Å². The van der Waals surface area contributed by atoms with E-state index in [4.69, 9.17) is 11.6 Å². The molecule has 10 nitrogen and oxygen atoms in total. The van der Waals surface area contributed by atoms with Gasteiger partial charge >= 0.3 is 0 Å². The summed E-state index contributed by atoms with van der Waals surface area (Å²) in [6.07, 6.45) is 0. The van der Waals surface area contributed by atoms with Crippen molar-refractivity contribution in [1.29, 1.82) is 0 Å². The molecular formula is C22H24ClFN6O4. The molecule has 0 saturated carbocycles. The Morgan fingerprint density at radius 3 is 2.71 bits per heavy atom. The molecule has 0 aliphatic carbocycles. The van der Waals surface area contributed by atoms with Crippen molar-refractivity contribution in [3.8, 4) is 5.75 Å². The van der Waals surface area contributed by atoms with Crippen LogP contribution in [0.3, 0.4) is 0 Å². The highest BCUT2D eigenvalue weighted by Gasteiger charge is 2.34. The second-order valence-corrected chi connectivity index (χ2v) is 8.83. The van der Waals surface area contributed by atoms with E-state index in [1.54, 1.807) is 7.05 Å². The Balaban J connectivity index is 1.90. The number of nitrogens with one attached hydrogen (secondary N) is 1. The first-order valence-corrected chi connectivity index (χ1v) is 11.0. The molecule has 180 valence electrons. The molecule has 2 amide bonds. The predicted molar refractivity (Wildman–Crippen MR) is 124 cm³/mol. The highest BCUT2D eigenvalue weighted by molar-refractivity contribution is 6.30. The van der Waals surface area contributed by atoms with E-state index in [0.717, 1.165) is 4.68 Å². The number of aromatic nitrogens is 3. The number of aromatic hydroxyl groups is 1. The van der Waals surface area contributed by atoms with Crippen LogP contribution in [0.25, 0.3) is 10.9 Å². The van der Waals surface area contributed by atoms with Crippen LogP contribution in [0.2, 0.25) is 5.02 Å². The summed E-state index contributed by atoms with van der Waals surface area (Å²) in [5.74, 6) is -2.12. The van der Waals surface area contributed by atoms with E-state index < -0.39 is 28.9 Å². The number of fused-ring (bicyclic) bond motifs is 3. The lowest BCUT2D eigenvalue weighted by Crippen LogP contribution is -2.38. The molecule has 0 radical (unpaired) electrons. The second kappa shape index (κ2) is 9.07. The number of likely N-dealkylation sites (N-methyl/N-ethyl adjacent to an activating group) is 2. The molecule has 12 heteroatoms. The van der Waals surface area contributed by atoms with Crippen molar-refractivity contribution in [2.75, 3.05) is 40.8 Å². The Bertz CT molecular complexity index is 1370. The van der Waals surface area contributed by atoms with Gasteiger partial charge in [-0.1, -0.05) is 17.7 Å². The fourth-order valence-corrected chi connectivity index (χ4v) is 4.12. The van der Waals surface area contributed by atoms with Gasteiger partial charge in [0.15, 0.2) is 17.1 Å². The van der Waals surface area contributed by atoms with Crippen LogP contribution in [0, 0.1) is 5.82 Å². The summed E-state index contributed by atoms with van der Waals surface area (Å²) in [6, 6.07) is 3.97. The van der Waals surface area contributed by atoms with Crippen LogP contribution in [0.4, 0.5) is 4.39 Å². The van der Waals surface area contributed by atoms with Crippen LogP contribution >= 0.6 is 11.6 Å². The van der Waals surface area contributed by atoms with Crippen LogP contribution in [0.15, 0.2) is 23.0 Å². The average Bonchev–Trinajstić information content (AvgIpc) is 3.08. The molecule has 3 aromatic rings. The number of amides is 2. The first-order valence-electron chi connectivity index (χ1n) is 10.6. The number of hydrogen-bond acceptors (Lipinski definition) is 6. The third-order valence-corrected chi connectivity index (χ3v) is 6.00. The molecule has 1 aliphatic rings. The highest BCUT2D eigenvalue weighted by atomic mass is 35.5. The van der Waals surface area contributed by atoms with Crippen LogP contribution in [0.1, 0.15) is 26.5 Å². The summed E-state index contributed by atoms with van der Waals surface area (Å²) in [5.41, 5.74) is -0.267. The minimum atomic E-state index is -0.685.